The van der Waals surface area contributed by atoms with Crippen LogP contribution in [0.25, 0.3) is 0 Å². The predicted molar refractivity (Wildman–Crippen MR) is 114 cm³/mol. The van der Waals surface area contributed by atoms with Crippen LogP contribution in [0.15, 0.2) is 36.4 Å². The van der Waals surface area contributed by atoms with Gasteiger partial charge in [-0.25, -0.2) is 9.37 Å². The van der Waals surface area contributed by atoms with E-state index in [1.54, 1.807) is 37.4 Å². The first-order valence-electron chi connectivity index (χ1n) is 9.42. The van der Waals surface area contributed by atoms with Crippen LogP contribution in [0.3, 0.4) is 0 Å². The molecule has 2 aromatic carbocycles. The Morgan fingerprint density at radius 3 is 2.77 bits per heavy atom. The van der Waals surface area contributed by atoms with Crippen molar-refractivity contribution in [1.82, 2.24) is 9.97 Å². The summed E-state index contributed by atoms with van der Waals surface area (Å²) in [5.41, 5.74) is 3.47. The molecule has 152 valence electrons. The number of nitriles is 1. The molecule has 2 N–H and O–H groups in total. The molecule has 1 atom stereocenters. The quantitative estimate of drug-likeness (QED) is 0.600. The molecule has 0 bridgehead atoms. The second-order valence-corrected chi connectivity index (χ2v) is 7.36. The zero-order chi connectivity index (χ0) is 21.3. The molecule has 0 saturated carbocycles. The Morgan fingerprint density at radius 2 is 2.07 bits per heavy atom. The predicted octanol–water partition coefficient (Wildman–Crippen LogP) is 5.01. The van der Waals surface area contributed by atoms with Crippen molar-refractivity contribution in [2.24, 2.45) is 0 Å². The molecule has 1 aliphatic carbocycles. The third-order valence-corrected chi connectivity index (χ3v) is 5.44. The molecule has 3 aromatic rings. The second-order valence-electron chi connectivity index (χ2n) is 6.92. The van der Waals surface area contributed by atoms with Gasteiger partial charge in [-0.3, -0.25) is 0 Å². The number of nitrogens with zero attached hydrogens (tertiary/aromatic N) is 3. The molecule has 6 nitrogen and oxygen atoms in total. The zero-order valence-electron chi connectivity index (χ0n) is 16.5. The maximum absolute atomic E-state index is 14.6. The highest BCUT2D eigenvalue weighted by atomic mass is 35.5. The van der Waals surface area contributed by atoms with Crippen molar-refractivity contribution in [2.45, 2.75) is 18.8 Å². The number of ether oxygens (including phenoxy) is 1. The van der Waals surface area contributed by atoms with E-state index in [0.29, 0.717) is 39.4 Å². The Hall–Kier alpha value is -3.37. The standard InChI is InChI=1S/C22H19ClFN5O/c1-26-21-17-8-7-16(15-6-4-13(23)9-18(15)24)20(17)28-22(29-21)27-14-5-3-12(11-25)19(10-14)30-2/h3-6,9-10,16H,7-8H2,1-2H3,(H2,26,27,28,29). The first kappa shape index (κ1) is 19.9. The molecule has 0 amide bonds. The number of methoxy groups -OCH3 is 1. The van der Waals surface area contributed by atoms with Crippen LogP contribution in [0.4, 0.5) is 21.8 Å². The average Bonchev–Trinajstić information content (AvgIpc) is 3.16. The van der Waals surface area contributed by atoms with Crippen LogP contribution < -0.4 is 15.4 Å². The lowest BCUT2D eigenvalue weighted by Gasteiger charge is -2.16. The number of nitrogens with one attached hydrogen (secondary N) is 2. The number of hydrogen-bond donors (Lipinski definition) is 2. The molecule has 0 fully saturated rings. The number of rotatable bonds is 5. The van der Waals surface area contributed by atoms with E-state index in [9.17, 15) is 4.39 Å². The lowest BCUT2D eigenvalue weighted by atomic mass is 9.96. The summed E-state index contributed by atoms with van der Waals surface area (Å²) in [5.74, 6) is 1.03. The topological polar surface area (TPSA) is 82.9 Å². The first-order chi connectivity index (χ1) is 14.5. The summed E-state index contributed by atoms with van der Waals surface area (Å²) in [5, 5.41) is 15.8. The van der Waals surface area contributed by atoms with Gasteiger partial charge in [0, 0.05) is 35.3 Å². The zero-order valence-corrected chi connectivity index (χ0v) is 17.2. The van der Waals surface area contributed by atoms with Gasteiger partial charge in [-0.1, -0.05) is 17.7 Å². The smallest absolute Gasteiger partial charge is 0.229 e. The van der Waals surface area contributed by atoms with E-state index in [0.717, 1.165) is 24.1 Å². The minimum absolute atomic E-state index is 0.177. The molecular weight excluding hydrogens is 405 g/mol. The lowest BCUT2D eigenvalue weighted by molar-refractivity contribution is 0.413. The van der Waals surface area contributed by atoms with Gasteiger partial charge in [-0.05, 0) is 42.7 Å². The van der Waals surface area contributed by atoms with E-state index in [-0.39, 0.29) is 11.7 Å². The molecule has 0 radical (unpaired) electrons. The van der Waals surface area contributed by atoms with Crippen molar-refractivity contribution < 1.29 is 9.13 Å². The monoisotopic (exact) mass is 423 g/mol. The third kappa shape index (κ3) is 3.62. The number of anilines is 3. The molecule has 1 aromatic heterocycles. The van der Waals surface area contributed by atoms with Crippen LogP contribution in [0.5, 0.6) is 5.75 Å². The molecule has 4 rings (SSSR count). The van der Waals surface area contributed by atoms with Gasteiger partial charge in [0.2, 0.25) is 5.95 Å². The normalized spacial score (nSPS) is 14.7. The van der Waals surface area contributed by atoms with Gasteiger partial charge in [-0.2, -0.15) is 10.2 Å². The minimum Gasteiger partial charge on any atom is -0.495 e. The third-order valence-electron chi connectivity index (χ3n) is 5.21. The summed E-state index contributed by atoms with van der Waals surface area (Å²) in [4.78, 5) is 9.28. The fourth-order valence-corrected chi connectivity index (χ4v) is 3.96. The van der Waals surface area contributed by atoms with Gasteiger partial charge in [0.15, 0.2) is 0 Å². The van der Waals surface area contributed by atoms with Gasteiger partial charge in [0.1, 0.15) is 23.5 Å². The number of benzene rings is 2. The summed E-state index contributed by atoms with van der Waals surface area (Å²) in [6.45, 7) is 0. The molecular formula is C22H19ClFN5O. The maximum atomic E-state index is 14.6. The molecule has 8 heteroatoms. The SMILES string of the molecule is CNc1nc(Nc2ccc(C#N)c(OC)c2)nc2c1CCC2c1ccc(Cl)cc1F. The van der Waals surface area contributed by atoms with E-state index >= 15 is 0 Å². The van der Waals surface area contributed by atoms with Gasteiger partial charge < -0.3 is 15.4 Å². The van der Waals surface area contributed by atoms with Gasteiger partial charge in [-0.15, -0.1) is 0 Å². The molecule has 30 heavy (non-hydrogen) atoms. The largest absolute Gasteiger partial charge is 0.495 e. The Bertz CT molecular complexity index is 1160. The van der Waals surface area contributed by atoms with Gasteiger partial charge >= 0.3 is 0 Å². The van der Waals surface area contributed by atoms with E-state index in [1.807, 2.05) is 0 Å². The molecule has 1 aliphatic rings. The minimum atomic E-state index is -0.337. The molecule has 1 heterocycles. The van der Waals surface area contributed by atoms with Crippen LogP contribution in [-0.2, 0) is 6.42 Å². The fourth-order valence-electron chi connectivity index (χ4n) is 3.80. The van der Waals surface area contributed by atoms with Crippen molar-refractivity contribution >= 4 is 29.1 Å². The van der Waals surface area contributed by atoms with Crippen molar-refractivity contribution in [3.63, 3.8) is 0 Å². The fraction of sp³-hybridized carbons (Fsp3) is 0.227. The number of hydrogen-bond acceptors (Lipinski definition) is 6. The highest BCUT2D eigenvalue weighted by Crippen LogP contribution is 2.41. The summed E-state index contributed by atoms with van der Waals surface area (Å²) in [7, 11) is 3.31. The van der Waals surface area contributed by atoms with Crippen LogP contribution in [0.2, 0.25) is 5.02 Å². The van der Waals surface area contributed by atoms with Crippen LogP contribution in [-0.4, -0.2) is 24.1 Å². The summed E-state index contributed by atoms with van der Waals surface area (Å²) in [6.07, 6.45) is 1.49. The lowest BCUT2D eigenvalue weighted by Crippen LogP contribution is -2.08. The van der Waals surface area contributed by atoms with Crippen molar-refractivity contribution in [3.8, 4) is 11.8 Å². The molecule has 1 unspecified atom stereocenters. The second kappa shape index (κ2) is 8.17. The Kier molecular flexibility index (Phi) is 5.42. The van der Waals surface area contributed by atoms with Crippen molar-refractivity contribution in [1.29, 1.82) is 5.26 Å². The van der Waals surface area contributed by atoms with Crippen LogP contribution in [0.1, 0.15) is 34.7 Å². The summed E-state index contributed by atoms with van der Waals surface area (Å²) < 4.78 is 19.8. The highest BCUT2D eigenvalue weighted by molar-refractivity contribution is 6.30. The van der Waals surface area contributed by atoms with Crippen molar-refractivity contribution in [3.05, 3.63) is 69.6 Å². The van der Waals surface area contributed by atoms with Crippen LogP contribution >= 0.6 is 11.6 Å². The summed E-state index contributed by atoms with van der Waals surface area (Å²) in [6, 6.07) is 12.0. The maximum Gasteiger partial charge on any atom is 0.229 e. The number of halogens is 2. The molecule has 0 aliphatic heterocycles. The Morgan fingerprint density at radius 1 is 1.23 bits per heavy atom. The summed E-state index contributed by atoms with van der Waals surface area (Å²) >= 11 is 5.92. The van der Waals surface area contributed by atoms with Gasteiger partial charge in [0.05, 0.1) is 18.4 Å². The highest BCUT2D eigenvalue weighted by Gasteiger charge is 2.31. The first-order valence-corrected chi connectivity index (χ1v) is 9.80. The van der Waals surface area contributed by atoms with E-state index in [1.165, 1.54) is 13.2 Å². The Balaban J connectivity index is 1.73. The van der Waals surface area contributed by atoms with Gasteiger partial charge in [0.25, 0.3) is 0 Å². The van der Waals surface area contributed by atoms with Crippen molar-refractivity contribution in [2.75, 3.05) is 24.8 Å². The van der Waals surface area contributed by atoms with E-state index in [2.05, 4.69) is 21.7 Å². The van der Waals surface area contributed by atoms with E-state index in [4.69, 9.17) is 26.6 Å². The molecule has 0 saturated heterocycles. The Labute approximate surface area is 178 Å². The number of aromatic nitrogens is 2. The van der Waals surface area contributed by atoms with Crippen LogP contribution in [0, 0.1) is 17.1 Å². The average molecular weight is 424 g/mol. The molecule has 0 spiro atoms. The van der Waals surface area contributed by atoms with E-state index < -0.39 is 0 Å². The number of fused-ring (bicyclic) bond motifs is 1.